The van der Waals surface area contributed by atoms with Crippen LogP contribution in [0.1, 0.15) is 28.8 Å². The van der Waals surface area contributed by atoms with Crippen LogP contribution in [0.4, 0.5) is 4.39 Å². The molecule has 2 aromatic carbocycles. The Hall–Kier alpha value is -2.16. The Balaban J connectivity index is 1.69. The van der Waals surface area contributed by atoms with Crippen molar-refractivity contribution in [3.05, 3.63) is 65.5 Å². The third-order valence-electron chi connectivity index (χ3n) is 3.40. The molecule has 0 aliphatic heterocycles. The van der Waals surface area contributed by atoms with Crippen molar-refractivity contribution in [2.45, 2.75) is 19.4 Å². The van der Waals surface area contributed by atoms with E-state index >= 15 is 0 Å². The van der Waals surface area contributed by atoms with Crippen LogP contribution < -0.4 is 4.74 Å². The first-order valence-electron chi connectivity index (χ1n) is 6.74. The van der Waals surface area contributed by atoms with E-state index < -0.39 is 5.82 Å². The molecule has 2 nitrogen and oxygen atoms in total. The molecule has 102 valence electrons. The molecular formula is C17H15FO2. The van der Waals surface area contributed by atoms with Gasteiger partial charge in [0.25, 0.3) is 0 Å². The summed E-state index contributed by atoms with van der Waals surface area (Å²) in [5.41, 5.74) is 1.42. The van der Waals surface area contributed by atoms with Gasteiger partial charge >= 0.3 is 0 Å². The van der Waals surface area contributed by atoms with Gasteiger partial charge in [-0.05, 0) is 36.6 Å². The third kappa shape index (κ3) is 2.87. The van der Waals surface area contributed by atoms with Crippen molar-refractivity contribution in [2.75, 3.05) is 0 Å². The molecule has 3 rings (SSSR count). The van der Waals surface area contributed by atoms with Gasteiger partial charge in [-0.3, -0.25) is 4.79 Å². The van der Waals surface area contributed by atoms with E-state index in [4.69, 9.17) is 4.74 Å². The summed E-state index contributed by atoms with van der Waals surface area (Å²) in [6.45, 7) is 0.313. The Morgan fingerprint density at radius 3 is 2.55 bits per heavy atom. The van der Waals surface area contributed by atoms with Crippen LogP contribution in [0.25, 0.3) is 0 Å². The molecule has 0 N–H and O–H groups in total. The average molecular weight is 270 g/mol. The largest absolute Gasteiger partial charge is 0.486 e. The lowest BCUT2D eigenvalue weighted by atomic mass is 10.1. The third-order valence-corrected chi connectivity index (χ3v) is 3.40. The Kier molecular flexibility index (Phi) is 3.50. The SMILES string of the molecule is O=C(c1ccc(OCc2ccccc2)c(F)c1)C1CC1. The summed E-state index contributed by atoms with van der Waals surface area (Å²) in [4.78, 5) is 11.8. The number of ether oxygens (including phenoxy) is 1. The number of ketones is 1. The normalized spacial score (nSPS) is 14.1. The lowest BCUT2D eigenvalue weighted by Gasteiger charge is -2.08. The summed E-state index contributed by atoms with van der Waals surface area (Å²) in [7, 11) is 0. The van der Waals surface area contributed by atoms with Crippen molar-refractivity contribution < 1.29 is 13.9 Å². The van der Waals surface area contributed by atoms with E-state index in [0.29, 0.717) is 12.2 Å². The van der Waals surface area contributed by atoms with Crippen molar-refractivity contribution in [3.8, 4) is 5.75 Å². The fraction of sp³-hybridized carbons (Fsp3) is 0.235. The molecule has 0 spiro atoms. The molecular weight excluding hydrogens is 255 g/mol. The first-order chi connectivity index (χ1) is 9.74. The van der Waals surface area contributed by atoms with Crippen LogP contribution in [0, 0.1) is 11.7 Å². The highest BCUT2D eigenvalue weighted by atomic mass is 19.1. The zero-order valence-electron chi connectivity index (χ0n) is 11.0. The smallest absolute Gasteiger partial charge is 0.166 e. The van der Waals surface area contributed by atoms with Crippen molar-refractivity contribution in [3.63, 3.8) is 0 Å². The van der Waals surface area contributed by atoms with Crippen LogP contribution in [0.3, 0.4) is 0 Å². The summed E-state index contributed by atoms with van der Waals surface area (Å²) >= 11 is 0. The van der Waals surface area contributed by atoms with E-state index in [-0.39, 0.29) is 17.5 Å². The zero-order valence-corrected chi connectivity index (χ0v) is 11.0. The minimum Gasteiger partial charge on any atom is -0.486 e. The Labute approximate surface area is 117 Å². The second-order valence-electron chi connectivity index (χ2n) is 5.06. The molecule has 0 bridgehead atoms. The number of benzene rings is 2. The van der Waals surface area contributed by atoms with Gasteiger partial charge in [0.1, 0.15) is 6.61 Å². The maximum atomic E-state index is 13.9. The van der Waals surface area contributed by atoms with Crippen molar-refractivity contribution in [1.29, 1.82) is 0 Å². The van der Waals surface area contributed by atoms with Crippen LogP contribution in [0.5, 0.6) is 5.75 Å². The van der Waals surface area contributed by atoms with Crippen LogP contribution in [0.15, 0.2) is 48.5 Å². The molecule has 0 heterocycles. The quantitative estimate of drug-likeness (QED) is 0.768. The van der Waals surface area contributed by atoms with E-state index in [1.165, 1.54) is 12.1 Å². The molecule has 1 saturated carbocycles. The lowest BCUT2D eigenvalue weighted by Crippen LogP contribution is -2.03. The fourth-order valence-corrected chi connectivity index (χ4v) is 2.09. The van der Waals surface area contributed by atoms with Crippen LogP contribution in [0.2, 0.25) is 0 Å². The van der Waals surface area contributed by atoms with Crippen molar-refractivity contribution in [2.24, 2.45) is 5.92 Å². The number of Topliss-reactive ketones (excluding diaryl/α,β-unsaturated/α-hetero) is 1. The first kappa shape index (κ1) is 12.9. The Bertz CT molecular complexity index is 618. The van der Waals surface area contributed by atoms with Crippen LogP contribution in [-0.4, -0.2) is 5.78 Å². The van der Waals surface area contributed by atoms with Gasteiger partial charge in [-0.2, -0.15) is 0 Å². The van der Waals surface area contributed by atoms with Gasteiger partial charge in [-0.1, -0.05) is 30.3 Å². The molecule has 1 aliphatic carbocycles. The van der Waals surface area contributed by atoms with Gasteiger partial charge in [0.2, 0.25) is 0 Å². The molecule has 2 aromatic rings. The van der Waals surface area contributed by atoms with E-state index in [2.05, 4.69) is 0 Å². The standard InChI is InChI=1S/C17H15FO2/c18-15-10-14(17(19)13-6-7-13)8-9-16(15)20-11-12-4-2-1-3-5-12/h1-5,8-10,13H,6-7,11H2. The molecule has 1 aliphatic rings. The van der Waals surface area contributed by atoms with E-state index in [1.54, 1.807) is 6.07 Å². The van der Waals surface area contributed by atoms with Gasteiger partial charge in [0.15, 0.2) is 17.3 Å². The van der Waals surface area contributed by atoms with Crippen LogP contribution >= 0.6 is 0 Å². The Morgan fingerprint density at radius 2 is 1.90 bits per heavy atom. The number of halogens is 1. The van der Waals surface area contributed by atoms with Gasteiger partial charge in [0.05, 0.1) is 0 Å². The summed E-state index contributed by atoms with van der Waals surface area (Å²) in [5.74, 6) is -0.155. The second kappa shape index (κ2) is 5.45. The predicted molar refractivity (Wildman–Crippen MR) is 74.2 cm³/mol. The highest BCUT2D eigenvalue weighted by Gasteiger charge is 2.30. The van der Waals surface area contributed by atoms with E-state index in [9.17, 15) is 9.18 Å². The number of hydrogen-bond acceptors (Lipinski definition) is 2. The molecule has 0 atom stereocenters. The second-order valence-corrected chi connectivity index (χ2v) is 5.06. The molecule has 20 heavy (non-hydrogen) atoms. The summed E-state index contributed by atoms with van der Waals surface area (Å²) < 4.78 is 19.4. The number of rotatable bonds is 5. The molecule has 0 aromatic heterocycles. The zero-order chi connectivity index (χ0) is 13.9. The Morgan fingerprint density at radius 1 is 1.15 bits per heavy atom. The average Bonchev–Trinajstić information content (AvgIpc) is 3.31. The maximum Gasteiger partial charge on any atom is 0.166 e. The maximum absolute atomic E-state index is 13.9. The van der Waals surface area contributed by atoms with E-state index in [0.717, 1.165) is 18.4 Å². The predicted octanol–water partition coefficient (Wildman–Crippen LogP) is 4.00. The van der Waals surface area contributed by atoms with Gasteiger partial charge < -0.3 is 4.74 Å². The summed E-state index contributed by atoms with van der Waals surface area (Å²) in [5, 5.41) is 0. The van der Waals surface area contributed by atoms with Gasteiger partial charge in [-0.15, -0.1) is 0 Å². The molecule has 3 heteroatoms. The molecule has 1 fully saturated rings. The van der Waals surface area contributed by atoms with Crippen LogP contribution in [-0.2, 0) is 6.61 Å². The van der Waals surface area contributed by atoms with Gasteiger partial charge in [-0.25, -0.2) is 4.39 Å². The first-order valence-corrected chi connectivity index (χ1v) is 6.74. The van der Waals surface area contributed by atoms with E-state index in [1.807, 2.05) is 30.3 Å². The van der Waals surface area contributed by atoms with Crippen molar-refractivity contribution >= 4 is 5.78 Å². The topological polar surface area (TPSA) is 26.3 Å². The summed E-state index contributed by atoms with van der Waals surface area (Å²) in [6, 6.07) is 14.0. The highest BCUT2D eigenvalue weighted by molar-refractivity contribution is 5.99. The fourth-order valence-electron chi connectivity index (χ4n) is 2.09. The number of carbonyl (C=O) groups excluding carboxylic acids is 1. The number of hydrogen-bond donors (Lipinski definition) is 0. The lowest BCUT2D eigenvalue weighted by molar-refractivity contribution is 0.0967. The molecule has 0 radical (unpaired) electrons. The van der Waals surface area contributed by atoms with Gasteiger partial charge in [0, 0.05) is 11.5 Å². The van der Waals surface area contributed by atoms with Crippen molar-refractivity contribution in [1.82, 2.24) is 0 Å². The minimum absolute atomic E-state index is 0.0403. The molecule has 0 amide bonds. The minimum atomic E-state index is -0.479. The number of carbonyl (C=O) groups is 1. The molecule has 0 unspecified atom stereocenters. The molecule has 0 saturated heterocycles. The monoisotopic (exact) mass is 270 g/mol. The highest BCUT2D eigenvalue weighted by Crippen LogP contribution is 2.33. The summed E-state index contributed by atoms with van der Waals surface area (Å²) in [6.07, 6.45) is 1.85.